The van der Waals surface area contributed by atoms with E-state index in [4.69, 9.17) is 4.74 Å². The number of benzene rings is 2. The number of nitrogens with one attached hydrogen (secondary N) is 1. The Morgan fingerprint density at radius 3 is 2.38 bits per heavy atom. The first kappa shape index (κ1) is 21.0. The smallest absolute Gasteiger partial charge is 0.230 e. The van der Waals surface area contributed by atoms with Crippen molar-refractivity contribution in [2.45, 2.75) is 25.2 Å². The predicted molar refractivity (Wildman–Crippen MR) is 115 cm³/mol. The van der Waals surface area contributed by atoms with Crippen LogP contribution in [0.5, 0.6) is 5.75 Å². The lowest BCUT2D eigenvalue weighted by atomic mass is 10.1. The first-order chi connectivity index (χ1) is 13.9. The largest absolute Gasteiger partial charge is 0.494 e. The Kier molecular flexibility index (Phi) is 6.66. The van der Waals surface area contributed by atoms with Crippen molar-refractivity contribution in [2.24, 2.45) is 0 Å². The molecular formula is C21H22N2O4S2. The minimum Gasteiger partial charge on any atom is -0.494 e. The van der Waals surface area contributed by atoms with E-state index < -0.39 is 9.84 Å². The first-order valence-corrected chi connectivity index (χ1v) is 11.7. The van der Waals surface area contributed by atoms with Crippen LogP contribution in [-0.2, 0) is 21.1 Å². The van der Waals surface area contributed by atoms with E-state index in [-0.39, 0.29) is 23.0 Å². The molecule has 0 bridgehead atoms. The highest BCUT2D eigenvalue weighted by Gasteiger charge is 2.13. The molecule has 1 aromatic heterocycles. The summed E-state index contributed by atoms with van der Waals surface area (Å²) < 4.78 is 29.1. The van der Waals surface area contributed by atoms with E-state index >= 15 is 0 Å². The molecule has 152 valence electrons. The number of anilines is 1. The zero-order valence-corrected chi connectivity index (χ0v) is 17.8. The molecule has 0 unspecified atom stereocenters. The molecule has 0 radical (unpaired) electrons. The summed E-state index contributed by atoms with van der Waals surface area (Å²) >= 11 is 1.35. The van der Waals surface area contributed by atoms with Crippen LogP contribution >= 0.6 is 11.3 Å². The molecule has 2 aromatic carbocycles. The highest BCUT2D eigenvalue weighted by atomic mass is 32.2. The average molecular weight is 431 g/mol. The molecule has 0 aliphatic heterocycles. The summed E-state index contributed by atoms with van der Waals surface area (Å²) in [4.78, 5) is 17.0. The maximum Gasteiger partial charge on any atom is 0.230 e. The van der Waals surface area contributed by atoms with Gasteiger partial charge in [0.2, 0.25) is 5.91 Å². The molecule has 0 aliphatic carbocycles. The number of nitrogens with zero attached hydrogens (tertiary/aromatic N) is 1. The van der Waals surface area contributed by atoms with Crippen LogP contribution in [0.3, 0.4) is 0 Å². The lowest BCUT2D eigenvalue weighted by molar-refractivity contribution is -0.115. The van der Waals surface area contributed by atoms with Crippen molar-refractivity contribution in [1.29, 1.82) is 0 Å². The lowest BCUT2D eigenvalue weighted by Gasteiger charge is -2.05. The topological polar surface area (TPSA) is 85.4 Å². The van der Waals surface area contributed by atoms with Crippen LogP contribution in [0, 0.1) is 0 Å². The number of ether oxygens (including phenoxy) is 1. The monoisotopic (exact) mass is 430 g/mol. The van der Waals surface area contributed by atoms with E-state index in [1.165, 1.54) is 23.5 Å². The number of carbonyl (C=O) groups is 1. The van der Waals surface area contributed by atoms with Crippen LogP contribution in [0.15, 0.2) is 58.8 Å². The van der Waals surface area contributed by atoms with Gasteiger partial charge in [-0.05, 0) is 48.9 Å². The van der Waals surface area contributed by atoms with Gasteiger partial charge in [-0.15, -0.1) is 11.3 Å². The quantitative estimate of drug-likeness (QED) is 0.579. The third-order valence-electron chi connectivity index (χ3n) is 4.24. The van der Waals surface area contributed by atoms with E-state index in [9.17, 15) is 13.2 Å². The number of rotatable bonds is 8. The van der Waals surface area contributed by atoms with Crippen LogP contribution in [0.25, 0.3) is 11.3 Å². The Bertz CT molecular complexity index is 1070. The Hall–Kier alpha value is -2.71. The summed E-state index contributed by atoms with van der Waals surface area (Å²) in [6.07, 6.45) is 0.143. The second kappa shape index (κ2) is 9.19. The molecule has 0 atom stereocenters. The van der Waals surface area contributed by atoms with E-state index in [0.717, 1.165) is 22.6 Å². The van der Waals surface area contributed by atoms with Gasteiger partial charge < -0.3 is 10.1 Å². The SMILES string of the molecule is CCOc1ccc(-c2csc(NC(=O)Cc3ccc(S(=O)(=O)CC)cc3)n2)cc1. The number of hydrogen-bond donors (Lipinski definition) is 1. The van der Waals surface area contributed by atoms with Crippen molar-refractivity contribution in [3.63, 3.8) is 0 Å². The Labute approximate surface area is 174 Å². The summed E-state index contributed by atoms with van der Waals surface area (Å²) in [5, 5.41) is 5.20. The Morgan fingerprint density at radius 1 is 1.07 bits per heavy atom. The molecule has 3 aromatic rings. The number of amides is 1. The fraction of sp³-hybridized carbons (Fsp3) is 0.238. The maximum absolute atomic E-state index is 12.3. The van der Waals surface area contributed by atoms with Gasteiger partial charge in [0.1, 0.15) is 5.75 Å². The van der Waals surface area contributed by atoms with Crippen molar-refractivity contribution >= 4 is 32.2 Å². The van der Waals surface area contributed by atoms with Crippen molar-refractivity contribution < 1.29 is 17.9 Å². The van der Waals surface area contributed by atoms with E-state index in [1.807, 2.05) is 36.6 Å². The van der Waals surface area contributed by atoms with Gasteiger partial charge in [-0.3, -0.25) is 4.79 Å². The van der Waals surface area contributed by atoms with Gasteiger partial charge in [-0.25, -0.2) is 13.4 Å². The molecule has 3 rings (SSSR count). The standard InChI is InChI=1S/C21H22N2O4S2/c1-3-27-17-9-7-16(8-10-17)19-14-28-21(22-19)23-20(24)13-15-5-11-18(12-6-15)29(25,26)4-2/h5-12,14H,3-4,13H2,1-2H3,(H,22,23,24). The van der Waals surface area contributed by atoms with Crippen molar-refractivity contribution in [3.05, 3.63) is 59.5 Å². The molecule has 0 saturated heterocycles. The van der Waals surface area contributed by atoms with E-state index in [2.05, 4.69) is 10.3 Å². The summed E-state index contributed by atoms with van der Waals surface area (Å²) in [5.74, 6) is 0.648. The zero-order valence-electron chi connectivity index (χ0n) is 16.2. The summed E-state index contributed by atoms with van der Waals surface area (Å²) in [7, 11) is -3.24. The van der Waals surface area contributed by atoms with Crippen LogP contribution in [0.2, 0.25) is 0 Å². The summed E-state index contributed by atoms with van der Waals surface area (Å²) in [6, 6.07) is 14.0. The molecule has 1 N–H and O–H groups in total. The van der Waals surface area contributed by atoms with Gasteiger partial charge in [0.05, 0.1) is 29.4 Å². The second-order valence-corrected chi connectivity index (χ2v) is 9.40. The summed E-state index contributed by atoms with van der Waals surface area (Å²) in [5.41, 5.74) is 2.46. The van der Waals surface area contributed by atoms with Gasteiger partial charge >= 0.3 is 0 Å². The molecule has 0 aliphatic rings. The fourth-order valence-electron chi connectivity index (χ4n) is 2.68. The normalized spacial score (nSPS) is 11.2. The minimum atomic E-state index is -3.24. The number of sulfone groups is 1. The number of aromatic nitrogens is 1. The van der Waals surface area contributed by atoms with Crippen molar-refractivity contribution in [3.8, 4) is 17.0 Å². The zero-order chi connectivity index (χ0) is 20.9. The van der Waals surface area contributed by atoms with E-state index in [1.54, 1.807) is 19.1 Å². The molecule has 0 fully saturated rings. The third-order valence-corrected chi connectivity index (χ3v) is 6.75. The minimum absolute atomic E-state index is 0.0492. The second-order valence-electron chi connectivity index (χ2n) is 6.27. The first-order valence-electron chi connectivity index (χ1n) is 9.21. The molecule has 0 saturated carbocycles. The van der Waals surface area contributed by atoms with Crippen LogP contribution in [0.1, 0.15) is 19.4 Å². The number of thiazole rings is 1. The maximum atomic E-state index is 12.3. The van der Waals surface area contributed by atoms with Crippen molar-refractivity contribution in [2.75, 3.05) is 17.7 Å². The molecule has 8 heteroatoms. The third kappa shape index (κ3) is 5.42. The van der Waals surface area contributed by atoms with Gasteiger partial charge in [-0.1, -0.05) is 19.1 Å². The van der Waals surface area contributed by atoms with Gasteiger partial charge in [0.15, 0.2) is 15.0 Å². The van der Waals surface area contributed by atoms with Crippen LogP contribution in [-0.4, -0.2) is 31.7 Å². The molecular weight excluding hydrogens is 408 g/mol. The fourth-order valence-corrected chi connectivity index (χ4v) is 4.30. The highest BCUT2D eigenvalue weighted by molar-refractivity contribution is 7.91. The Morgan fingerprint density at radius 2 is 1.76 bits per heavy atom. The molecule has 29 heavy (non-hydrogen) atoms. The molecule has 1 amide bonds. The van der Waals surface area contributed by atoms with E-state index in [0.29, 0.717) is 11.7 Å². The molecule has 0 spiro atoms. The average Bonchev–Trinajstić information content (AvgIpc) is 3.17. The highest BCUT2D eigenvalue weighted by Crippen LogP contribution is 2.26. The lowest BCUT2D eigenvalue weighted by Crippen LogP contribution is -2.14. The van der Waals surface area contributed by atoms with Crippen LogP contribution in [0.4, 0.5) is 5.13 Å². The van der Waals surface area contributed by atoms with Gasteiger partial charge in [0.25, 0.3) is 0 Å². The number of hydrogen-bond acceptors (Lipinski definition) is 6. The number of carbonyl (C=O) groups excluding carboxylic acids is 1. The van der Waals surface area contributed by atoms with Gasteiger partial charge in [-0.2, -0.15) is 0 Å². The molecule has 6 nitrogen and oxygen atoms in total. The predicted octanol–water partition coefficient (Wildman–Crippen LogP) is 4.18. The van der Waals surface area contributed by atoms with Crippen molar-refractivity contribution in [1.82, 2.24) is 4.98 Å². The summed E-state index contributed by atoms with van der Waals surface area (Å²) in [6.45, 7) is 4.15. The van der Waals surface area contributed by atoms with Crippen LogP contribution < -0.4 is 10.1 Å². The molecule has 1 heterocycles. The Balaban J connectivity index is 1.61. The van der Waals surface area contributed by atoms with Gasteiger partial charge in [0, 0.05) is 10.9 Å².